The van der Waals surface area contributed by atoms with E-state index in [1.807, 2.05) is 0 Å². The predicted molar refractivity (Wildman–Crippen MR) is 344 cm³/mol. The lowest BCUT2D eigenvalue weighted by Crippen LogP contribution is -2.40. The second-order valence-electron chi connectivity index (χ2n) is 20.7. The van der Waals surface area contributed by atoms with Gasteiger partial charge in [-0.1, -0.05) is 69.1 Å². The number of ketones is 2. The van der Waals surface area contributed by atoms with Crippen molar-refractivity contribution in [3.05, 3.63) is 184 Å². The number of carbonyl (C=O) groups excluding carboxylic acids is 8. The van der Waals surface area contributed by atoms with Gasteiger partial charge in [-0.3, -0.25) is 38.4 Å². The van der Waals surface area contributed by atoms with Gasteiger partial charge in [0.15, 0.2) is 5.78 Å². The van der Waals surface area contributed by atoms with Crippen LogP contribution in [-0.2, 0) is 25.6 Å². The van der Waals surface area contributed by atoms with Crippen LogP contribution in [0.4, 0.5) is 0 Å². The Balaban J connectivity index is 1.05. The number of phenolic OH excluding ortho intramolecular Hbond substituents is 1. The Labute approximate surface area is 541 Å². The molecule has 1 aliphatic rings. The molecule has 0 spiro atoms. The summed E-state index contributed by atoms with van der Waals surface area (Å²) in [7, 11) is 0. The van der Waals surface area contributed by atoms with Crippen LogP contribution in [-0.4, -0.2) is 97.2 Å². The third-order valence-electron chi connectivity index (χ3n) is 14.2. The summed E-state index contributed by atoms with van der Waals surface area (Å²) < 4.78 is 0. The van der Waals surface area contributed by atoms with E-state index >= 15 is 0 Å². The summed E-state index contributed by atoms with van der Waals surface area (Å²) in [5.41, 5.74) is 7.49. The fourth-order valence-electron chi connectivity index (χ4n) is 9.22. The molecule has 9 aromatic rings. The first-order valence-corrected chi connectivity index (χ1v) is 32.6. The quantitative estimate of drug-likeness (QED) is 0.0279. The van der Waals surface area contributed by atoms with Crippen molar-refractivity contribution >= 4 is 115 Å². The molecule has 0 radical (unpaired) electrons. The molecule has 0 saturated heterocycles. The van der Waals surface area contributed by atoms with Crippen LogP contribution in [0.15, 0.2) is 131 Å². The molecule has 0 fully saturated rings. The maximum atomic E-state index is 14.9. The number of aliphatic hydroxyl groups is 2. The molecule has 24 nitrogen and oxygen atoms in total. The Kier molecular flexibility index (Phi) is 19.5. The number of hydrogen-bond acceptors (Lipinski definition) is 24. The standard InChI is InChI=1S/C61H53N13O11S6/c1-26(29(4)75)46-60-71-43(25-90-60)58-68-40(22-87-58)48-36(16-17-37(65-48)57-70-41(24-88-57)53(83)64-28(3)51(81)63-27(2)30(5)76)56-69-42(23-86-56)54(84)66-38(20-45(62)79)59-74-47(31(6)91-59)55(85)73-49(50(80)33-10-8-7-9-11-33)61-67-39(21-89-61)44(78)19-34(52(82)72-46)18-32-12-14-35(77)15-13-32/h7-17,21-26,34,38,46,49-50,76-77,80H,2-3,5,18-20H2,1,4,6H3,(H2,62,79)(H,63,81)(H,64,83)(H,66,84)(H,72,82)(H,73,85). The highest BCUT2D eigenvalue weighted by atomic mass is 32.1. The topological polar surface area (TPSA) is 374 Å². The summed E-state index contributed by atoms with van der Waals surface area (Å²) in [5, 5.41) is 54.5. The number of Topliss-reactive ketones (excluding diaryl/α,β-unsaturated/α-hetero) is 2. The molecule has 6 unspecified atom stereocenters. The van der Waals surface area contributed by atoms with Crippen LogP contribution in [0.25, 0.3) is 43.4 Å². The number of rotatable bonds is 14. The number of nitrogens with zero attached hydrogens (tertiary/aromatic N) is 7. The monoisotopic (exact) mass is 1340 g/mol. The minimum Gasteiger partial charge on any atom is -0.508 e. The first kappa shape index (κ1) is 64.3. The van der Waals surface area contributed by atoms with E-state index in [2.05, 4.69) is 61.3 Å². The molecule has 6 amide bonds. The number of carbonyl (C=O) groups is 8. The molecule has 10 bridgehead atoms. The first-order valence-electron chi connectivity index (χ1n) is 27.4. The maximum Gasteiger partial charge on any atom is 0.275 e. The van der Waals surface area contributed by atoms with Crippen molar-refractivity contribution < 1.29 is 53.7 Å². The Morgan fingerprint density at radius 2 is 1.32 bits per heavy atom. The number of nitrogens with two attached hydrogens (primary N) is 1. The molecule has 10 rings (SSSR count). The molecule has 91 heavy (non-hydrogen) atoms. The molecule has 10 N–H and O–H groups in total. The van der Waals surface area contributed by atoms with E-state index in [9.17, 15) is 53.7 Å². The summed E-state index contributed by atoms with van der Waals surface area (Å²) in [4.78, 5) is 144. The van der Waals surface area contributed by atoms with E-state index in [-0.39, 0.29) is 85.0 Å². The van der Waals surface area contributed by atoms with E-state index in [1.54, 1.807) is 79.2 Å². The van der Waals surface area contributed by atoms with E-state index in [4.69, 9.17) is 25.7 Å². The molecule has 7 aromatic heterocycles. The van der Waals surface area contributed by atoms with E-state index in [0.29, 0.717) is 48.0 Å². The van der Waals surface area contributed by atoms with E-state index in [1.165, 1.54) is 57.9 Å². The Morgan fingerprint density at radius 1 is 0.670 bits per heavy atom. The third kappa shape index (κ3) is 14.8. The van der Waals surface area contributed by atoms with Crippen LogP contribution >= 0.6 is 68.0 Å². The Bertz CT molecular complexity index is 4380. The number of aryl methyl sites for hydroxylation is 1. The number of phenols is 1. The number of pyridine rings is 1. The fraction of sp³-hybridized carbons (Fsp3) is 0.197. The maximum absolute atomic E-state index is 14.9. The second kappa shape index (κ2) is 27.6. The fourth-order valence-corrected chi connectivity index (χ4v) is 14.5. The van der Waals surface area contributed by atoms with E-state index in [0.717, 1.165) is 45.3 Å². The zero-order valence-corrected chi connectivity index (χ0v) is 53.1. The second-order valence-corrected chi connectivity index (χ2v) is 26.3. The predicted octanol–water partition coefficient (Wildman–Crippen LogP) is 8.83. The molecular weight excluding hydrogens is 1280 g/mol. The van der Waals surface area contributed by atoms with Crippen LogP contribution in [0.1, 0.15) is 124 Å². The molecular formula is C61H53N13O11S6. The van der Waals surface area contributed by atoms with Crippen LogP contribution in [0.2, 0.25) is 0 Å². The van der Waals surface area contributed by atoms with Gasteiger partial charge >= 0.3 is 0 Å². The molecule has 8 heterocycles. The van der Waals surface area contributed by atoms with Crippen molar-refractivity contribution in [2.75, 3.05) is 0 Å². The zero-order valence-electron chi connectivity index (χ0n) is 48.2. The van der Waals surface area contributed by atoms with Crippen molar-refractivity contribution in [3.8, 4) is 49.1 Å². The first-order chi connectivity index (χ1) is 43.5. The van der Waals surface area contributed by atoms with Crippen LogP contribution in [0.5, 0.6) is 5.75 Å². The molecule has 1 aliphatic heterocycles. The SMILES string of the molecule is C=C(O)C(=C)NC(=O)C(=C)NC(=O)c1csc(-c2ccc3c(n2)-c2csc(n2)-c2csc(n2)C(C(C)C(C)=O)NC(=O)C(Cc2ccc(O)cc2)CC(=O)c2csc(n2)C(C(O)c2ccccc2)NC(=O)c2nc(sc2C)C(CC(N)=O)NC(=O)c2csc-3n2)n1. The molecule has 6 atom stereocenters. The van der Waals surface area contributed by atoms with Crippen LogP contribution in [0, 0.1) is 18.8 Å². The van der Waals surface area contributed by atoms with Crippen molar-refractivity contribution in [2.24, 2.45) is 17.6 Å². The number of amides is 6. The summed E-state index contributed by atoms with van der Waals surface area (Å²) in [5.74, 6) is -7.75. The molecule has 0 aliphatic carbocycles. The van der Waals surface area contributed by atoms with Gasteiger partial charge < -0.3 is 47.6 Å². The van der Waals surface area contributed by atoms with E-state index < -0.39 is 89.5 Å². The Hall–Kier alpha value is -9.69. The number of aromatic hydroxyl groups is 1. The number of nitrogens with one attached hydrogen (secondary N) is 5. The summed E-state index contributed by atoms with van der Waals surface area (Å²) in [6, 6.07) is 14.5. The highest BCUT2D eigenvalue weighted by Gasteiger charge is 2.35. The van der Waals surface area contributed by atoms with Gasteiger partial charge in [0.05, 0.1) is 35.6 Å². The summed E-state index contributed by atoms with van der Waals surface area (Å²) in [6.45, 7) is 15.0. The third-order valence-corrected chi connectivity index (χ3v) is 19.8. The van der Waals surface area contributed by atoms with Gasteiger partial charge in [-0.2, -0.15) is 0 Å². The van der Waals surface area contributed by atoms with Crippen LogP contribution in [0.3, 0.4) is 0 Å². The van der Waals surface area contributed by atoms with Crippen molar-refractivity contribution in [2.45, 2.75) is 64.3 Å². The lowest BCUT2D eigenvalue weighted by molar-refractivity contribution is -0.127. The zero-order chi connectivity index (χ0) is 64.9. The van der Waals surface area contributed by atoms with Crippen molar-refractivity contribution in [1.29, 1.82) is 0 Å². The van der Waals surface area contributed by atoms with Crippen molar-refractivity contribution in [3.63, 3.8) is 0 Å². The number of hydrogen-bond donors (Lipinski definition) is 9. The number of primary amides is 1. The van der Waals surface area contributed by atoms with Gasteiger partial charge in [-0.15, -0.1) is 68.0 Å². The van der Waals surface area contributed by atoms with Gasteiger partial charge in [-0.25, -0.2) is 34.9 Å². The summed E-state index contributed by atoms with van der Waals surface area (Å²) >= 11 is 6.55. The minimum atomic E-state index is -1.42. The molecule has 0 saturated carbocycles. The average Bonchev–Trinajstić information content (AvgIpc) is 1.78. The van der Waals surface area contributed by atoms with Gasteiger partial charge in [-0.05, 0) is 55.7 Å². The van der Waals surface area contributed by atoms with Crippen LogP contribution < -0.4 is 32.3 Å². The molecule has 2 aromatic carbocycles. The lowest BCUT2D eigenvalue weighted by Gasteiger charge is -2.25. The molecule has 30 heteroatoms. The van der Waals surface area contributed by atoms with Gasteiger partial charge in [0.2, 0.25) is 11.8 Å². The minimum absolute atomic E-state index is 0.0146. The molecule has 464 valence electrons. The van der Waals surface area contributed by atoms with Gasteiger partial charge in [0.1, 0.15) is 99.3 Å². The average molecular weight is 1340 g/mol. The number of fused-ring (bicyclic) bond motifs is 14. The number of aromatic nitrogens is 7. The van der Waals surface area contributed by atoms with Crippen molar-refractivity contribution in [1.82, 2.24) is 61.5 Å². The van der Waals surface area contributed by atoms with Gasteiger partial charge in [0.25, 0.3) is 23.6 Å². The van der Waals surface area contributed by atoms with Gasteiger partial charge in [0, 0.05) is 55.6 Å². The number of aliphatic hydroxyl groups excluding tert-OH is 2. The largest absolute Gasteiger partial charge is 0.508 e. The highest BCUT2D eigenvalue weighted by Crippen LogP contribution is 2.40. The normalized spacial score (nSPS) is 16.9. The smallest absolute Gasteiger partial charge is 0.275 e. The number of benzene rings is 2. The lowest BCUT2D eigenvalue weighted by atomic mass is 9.91. The highest BCUT2D eigenvalue weighted by molar-refractivity contribution is 7.15. The Morgan fingerprint density at radius 3 is 2.03 bits per heavy atom. The summed E-state index contributed by atoms with van der Waals surface area (Å²) in [6.07, 6.45) is -2.22. The number of thiazole rings is 6.